The highest BCUT2D eigenvalue weighted by molar-refractivity contribution is 5.93. The Morgan fingerprint density at radius 1 is 0.971 bits per heavy atom. The average molecular weight is 463 g/mol. The number of benzene rings is 2. The van der Waals surface area contributed by atoms with Crippen molar-refractivity contribution in [1.82, 2.24) is 14.7 Å². The minimum Gasteiger partial charge on any atom is -0.342 e. The van der Waals surface area contributed by atoms with Crippen LogP contribution in [0.5, 0.6) is 0 Å². The molecule has 180 valence electrons. The Morgan fingerprint density at radius 3 is 2.44 bits per heavy atom. The van der Waals surface area contributed by atoms with Gasteiger partial charge in [0, 0.05) is 51.4 Å². The summed E-state index contributed by atoms with van der Waals surface area (Å²) in [6, 6.07) is 16.0. The van der Waals surface area contributed by atoms with Crippen LogP contribution in [0.1, 0.15) is 23.1 Å². The second kappa shape index (κ2) is 10.8. The quantitative estimate of drug-likeness (QED) is 0.686. The SMILES string of the molecule is Cc1cccc(NC(=O)CN2CCN(C(=O)C3CC(=O)N(CCc4ccccc4)C3)CC2)c1C. The summed E-state index contributed by atoms with van der Waals surface area (Å²) in [6.45, 7) is 7.99. The van der Waals surface area contributed by atoms with Crippen LogP contribution < -0.4 is 5.32 Å². The first-order valence-electron chi connectivity index (χ1n) is 12.1. The molecule has 34 heavy (non-hydrogen) atoms. The van der Waals surface area contributed by atoms with Crippen molar-refractivity contribution in [2.24, 2.45) is 5.92 Å². The van der Waals surface area contributed by atoms with E-state index in [9.17, 15) is 14.4 Å². The summed E-state index contributed by atoms with van der Waals surface area (Å²) in [7, 11) is 0. The number of likely N-dealkylation sites (tertiary alicyclic amines) is 1. The molecule has 2 aliphatic heterocycles. The summed E-state index contributed by atoms with van der Waals surface area (Å²) in [4.78, 5) is 43.8. The van der Waals surface area contributed by atoms with Gasteiger partial charge in [-0.3, -0.25) is 19.3 Å². The van der Waals surface area contributed by atoms with Crippen LogP contribution in [0.25, 0.3) is 0 Å². The number of nitrogens with zero attached hydrogens (tertiary/aromatic N) is 3. The van der Waals surface area contributed by atoms with Crippen LogP contribution in [0.3, 0.4) is 0 Å². The van der Waals surface area contributed by atoms with E-state index in [0.29, 0.717) is 52.2 Å². The summed E-state index contributed by atoms with van der Waals surface area (Å²) < 4.78 is 0. The lowest BCUT2D eigenvalue weighted by Crippen LogP contribution is -2.52. The number of amides is 3. The van der Waals surface area contributed by atoms with Gasteiger partial charge in [-0.15, -0.1) is 0 Å². The van der Waals surface area contributed by atoms with E-state index < -0.39 is 0 Å². The Kier molecular flexibility index (Phi) is 7.63. The Bertz CT molecular complexity index is 1030. The van der Waals surface area contributed by atoms with E-state index >= 15 is 0 Å². The third-order valence-corrected chi connectivity index (χ3v) is 7.01. The topological polar surface area (TPSA) is 73.0 Å². The Balaban J connectivity index is 1.21. The van der Waals surface area contributed by atoms with Gasteiger partial charge in [0.15, 0.2) is 0 Å². The maximum atomic E-state index is 13.1. The van der Waals surface area contributed by atoms with Crippen LogP contribution in [0.4, 0.5) is 5.69 Å². The molecule has 7 heteroatoms. The van der Waals surface area contributed by atoms with Gasteiger partial charge in [0.25, 0.3) is 0 Å². The minimum atomic E-state index is -0.262. The number of aryl methyl sites for hydroxylation is 1. The smallest absolute Gasteiger partial charge is 0.238 e. The number of rotatable bonds is 7. The van der Waals surface area contributed by atoms with Crippen LogP contribution in [-0.2, 0) is 20.8 Å². The largest absolute Gasteiger partial charge is 0.342 e. The number of hydrogen-bond donors (Lipinski definition) is 1. The maximum Gasteiger partial charge on any atom is 0.238 e. The lowest BCUT2D eigenvalue weighted by molar-refractivity contribution is -0.137. The molecular formula is C27H34N4O3. The molecule has 2 fully saturated rings. The zero-order valence-electron chi connectivity index (χ0n) is 20.1. The molecule has 1 atom stereocenters. The van der Waals surface area contributed by atoms with Gasteiger partial charge in [-0.05, 0) is 43.0 Å². The molecule has 0 bridgehead atoms. The van der Waals surface area contributed by atoms with Crippen molar-refractivity contribution in [3.8, 4) is 0 Å². The predicted molar refractivity (Wildman–Crippen MR) is 132 cm³/mol. The lowest BCUT2D eigenvalue weighted by Gasteiger charge is -2.35. The molecule has 0 aromatic heterocycles. The van der Waals surface area contributed by atoms with E-state index in [2.05, 4.69) is 22.3 Å². The standard InChI is InChI=1S/C27H34N4O3/c1-20-7-6-10-24(21(20)2)28-25(32)19-29-13-15-30(16-14-29)27(34)23-17-26(33)31(18-23)12-11-22-8-4-3-5-9-22/h3-10,23H,11-19H2,1-2H3,(H,28,32). The van der Waals surface area contributed by atoms with Gasteiger partial charge in [0.1, 0.15) is 0 Å². The summed E-state index contributed by atoms with van der Waals surface area (Å²) in [5.41, 5.74) is 4.27. The van der Waals surface area contributed by atoms with Crippen molar-refractivity contribution in [3.05, 3.63) is 65.2 Å². The highest BCUT2D eigenvalue weighted by Gasteiger charge is 2.37. The first-order chi connectivity index (χ1) is 16.4. The number of piperazine rings is 1. The molecule has 7 nitrogen and oxygen atoms in total. The van der Waals surface area contributed by atoms with Crippen molar-refractivity contribution in [2.45, 2.75) is 26.7 Å². The number of nitrogens with one attached hydrogen (secondary N) is 1. The van der Waals surface area contributed by atoms with Crippen molar-refractivity contribution >= 4 is 23.4 Å². The number of carbonyl (C=O) groups excluding carboxylic acids is 3. The Morgan fingerprint density at radius 2 is 1.71 bits per heavy atom. The molecule has 4 rings (SSSR count). The van der Waals surface area contributed by atoms with Crippen molar-refractivity contribution < 1.29 is 14.4 Å². The van der Waals surface area contributed by atoms with Crippen LogP contribution in [0.2, 0.25) is 0 Å². The summed E-state index contributed by atoms with van der Waals surface area (Å²) >= 11 is 0. The normalized spacial score (nSPS) is 18.9. The van der Waals surface area contributed by atoms with Crippen LogP contribution in [0, 0.1) is 19.8 Å². The first-order valence-corrected chi connectivity index (χ1v) is 12.1. The van der Waals surface area contributed by atoms with Crippen LogP contribution in [-0.4, -0.2) is 78.2 Å². The number of carbonyl (C=O) groups is 3. The molecule has 0 radical (unpaired) electrons. The van der Waals surface area contributed by atoms with Crippen LogP contribution in [0.15, 0.2) is 48.5 Å². The third kappa shape index (κ3) is 5.83. The second-order valence-corrected chi connectivity index (χ2v) is 9.37. The average Bonchev–Trinajstić information content (AvgIpc) is 3.22. The molecule has 1 unspecified atom stereocenters. The predicted octanol–water partition coefficient (Wildman–Crippen LogP) is 2.48. The molecule has 0 spiro atoms. The number of hydrogen-bond acceptors (Lipinski definition) is 4. The van der Waals surface area contributed by atoms with Gasteiger partial charge in [0.05, 0.1) is 12.5 Å². The monoisotopic (exact) mass is 462 g/mol. The minimum absolute atomic E-state index is 0.0380. The molecular weight excluding hydrogens is 428 g/mol. The molecule has 2 aliphatic rings. The first kappa shape index (κ1) is 24.0. The summed E-state index contributed by atoms with van der Waals surface area (Å²) in [6.07, 6.45) is 1.10. The molecule has 2 aromatic carbocycles. The van der Waals surface area contributed by atoms with Gasteiger partial charge >= 0.3 is 0 Å². The lowest BCUT2D eigenvalue weighted by atomic mass is 10.1. The van der Waals surface area contributed by atoms with Crippen molar-refractivity contribution in [3.63, 3.8) is 0 Å². The third-order valence-electron chi connectivity index (χ3n) is 7.01. The second-order valence-electron chi connectivity index (χ2n) is 9.37. The Hall–Kier alpha value is -3.19. The number of anilines is 1. The van der Waals surface area contributed by atoms with E-state index in [1.165, 1.54) is 5.56 Å². The molecule has 3 amide bonds. The van der Waals surface area contributed by atoms with Gasteiger partial charge in [-0.1, -0.05) is 42.5 Å². The van der Waals surface area contributed by atoms with E-state index in [4.69, 9.17) is 0 Å². The van der Waals surface area contributed by atoms with E-state index in [1.807, 2.05) is 60.0 Å². The summed E-state index contributed by atoms with van der Waals surface area (Å²) in [5.74, 6) is -0.169. The summed E-state index contributed by atoms with van der Waals surface area (Å²) in [5, 5.41) is 3.01. The molecule has 2 heterocycles. The van der Waals surface area contributed by atoms with Crippen molar-refractivity contribution in [1.29, 1.82) is 0 Å². The molecule has 0 aliphatic carbocycles. The fraction of sp³-hybridized carbons (Fsp3) is 0.444. The molecule has 0 saturated carbocycles. The van der Waals surface area contributed by atoms with Gasteiger partial charge in [0.2, 0.25) is 17.7 Å². The van der Waals surface area contributed by atoms with Gasteiger partial charge < -0.3 is 15.1 Å². The van der Waals surface area contributed by atoms with E-state index in [0.717, 1.165) is 23.2 Å². The highest BCUT2D eigenvalue weighted by atomic mass is 16.2. The fourth-order valence-corrected chi connectivity index (χ4v) is 4.73. The Labute approximate surface area is 201 Å². The van der Waals surface area contributed by atoms with E-state index in [1.54, 1.807) is 0 Å². The zero-order valence-corrected chi connectivity index (χ0v) is 20.1. The molecule has 2 saturated heterocycles. The van der Waals surface area contributed by atoms with E-state index in [-0.39, 0.29) is 23.6 Å². The molecule has 1 N–H and O–H groups in total. The van der Waals surface area contributed by atoms with Crippen molar-refractivity contribution in [2.75, 3.05) is 51.1 Å². The maximum absolute atomic E-state index is 13.1. The zero-order chi connectivity index (χ0) is 24.1. The van der Waals surface area contributed by atoms with Gasteiger partial charge in [-0.2, -0.15) is 0 Å². The fourth-order valence-electron chi connectivity index (χ4n) is 4.73. The molecule has 2 aromatic rings. The van der Waals surface area contributed by atoms with Crippen LogP contribution >= 0.6 is 0 Å². The highest BCUT2D eigenvalue weighted by Crippen LogP contribution is 2.22. The van der Waals surface area contributed by atoms with Gasteiger partial charge in [-0.25, -0.2) is 0 Å².